The highest BCUT2D eigenvalue weighted by molar-refractivity contribution is 8.02. The van der Waals surface area contributed by atoms with E-state index in [9.17, 15) is 23.1 Å². The maximum atomic E-state index is 13.4. The Morgan fingerprint density at radius 1 is 1.16 bits per heavy atom. The minimum Gasteiger partial charge on any atom is -0.494 e. The van der Waals surface area contributed by atoms with Gasteiger partial charge in [0.15, 0.2) is 0 Å². The summed E-state index contributed by atoms with van der Waals surface area (Å²) in [5.74, 6) is -1.05. The number of sulfonamides is 1. The monoisotopic (exact) mass is 563 g/mol. The van der Waals surface area contributed by atoms with Crippen molar-refractivity contribution >= 4 is 33.7 Å². The van der Waals surface area contributed by atoms with Crippen LogP contribution in [0.3, 0.4) is 0 Å². The predicted molar refractivity (Wildman–Crippen MR) is 149 cm³/mol. The van der Waals surface area contributed by atoms with E-state index in [1.807, 2.05) is 21.0 Å². The van der Waals surface area contributed by atoms with E-state index in [0.29, 0.717) is 17.9 Å². The summed E-state index contributed by atoms with van der Waals surface area (Å²) in [5.41, 5.74) is 1.63. The first-order valence-electron chi connectivity index (χ1n) is 12.4. The molecule has 2 aromatic carbocycles. The number of carboxylic acid groups (broad SMARTS) is 1. The molecule has 1 heterocycles. The fraction of sp³-hybridized carbons (Fsp3) is 0.481. The third kappa shape index (κ3) is 7.49. The van der Waals surface area contributed by atoms with Crippen molar-refractivity contribution in [2.75, 3.05) is 33.1 Å². The Morgan fingerprint density at radius 2 is 1.79 bits per heavy atom. The molecule has 0 aromatic heterocycles. The van der Waals surface area contributed by atoms with Crippen LogP contribution < -0.4 is 10.1 Å². The zero-order chi connectivity index (χ0) is 28.1. The number of benzene rings is 2. The second-order valence-corrected chi connectivity index (χ2v) is 13.7. The molecule has 2 N–H and O–H groups in total. The maximum absolute atomic E-state index is 13.4. The van der Waals surface area contributed by atoms with Crippen molar-refractivity contribution in [1.29, 1.82) is 0 Å². The fourth-order valence-electron chi connectivity index (χ4n) is 4.21. The van der Waals surface area contributed by atoms with Crippen molar-refractivity contribution in [3.05, 3.63) is 59.7 Å². The molecule has 1 aliphatic rings. The van der Waals surface area contributed by atoms with Crippen LogP contribution in [0.15, 0.2) is 53.4 Å². The van der Waals surface area contributed by atoms with E-state index >= 15 is 0 Å². The van der Waals surface area contributed by atoms with Crippen LogP contribution in [0.1, 0.15) is 31.4 Å². The van der Waals surface area contributed by atoms with Gasteiger partial charge in [0.1, 0.15) is 17.8 Å². The van der Waals surface area contributed by atoms with Crippen molar-refractivity contribution in [2.45, 2.75) is 55.3 Å². The van der Waals surface area contributed by atoms with Crippen LogP contribution in [0, 0.1) is 6.92 Å². The van der Waals surface area contributed by atoms with E-state index < -0.39 is 38.7 Å². The number of nitrogens with one attached hydrogen (secondary N) is 1. The van der Waals surface area contributed by atoms with Gasteiger partial charge in [-0.05, 0) is 71.1 Å². The Kier molecular flexibility index (Phi) is 9.85. The molecule has 2 aromatic rings. The molecule has 9 nitrogen and oxygen atoms in total. The van der Waals surface area contributed by atoms with Crippen LogP contribution in [0.25, 0.3) is 0 Å². The van der Waals surface area contributed by atoms with E-state index in [2.05, 4.69) is 10.2 Å². The SMILES string of the molecule is Cc1ccc(S(=O)(=O)N2CSC(C)(C)[C@H]2C(=O)N[C@@H](Cc2ccc(OCCCN(C)C)cc2)C(=O)O)cc1. The Balaban J connectivity index is 1.71. The molecule has 0 spiro atoms. The van der Waals surface area contributed by atoms with Crippen LogP contribution in [0.2, 0.25) is 0 Å². The smallest absolute Gasteiger partial charge is 0.326 e. The van der Waals surface area contributed by atoms with Gasteiger partial charge in [-0.2, -0.15) is 4.31 Å². The summed E-state index contributed by atoms with van der Waals surface area (Å²) >= 11 is 1.34. The standard InChI is InChI=1S/C27H37N3O6S2/c1-19-7-13-22(14-8-19)38(34,35)30-18-37-27(2,3)24(30)25(31)28-23(26(32)33)17-20-9-11-21(12-10-20)36-16-6-15-29(4)5/h7-14,23-24H,6,15-18H2,1-5H3,(H,28,31)(H,32,33)/t23-,24+/m0/s1. The number of thioether (sulfide) groups is 1. The van der Waals surface area contributed by atoms with E-state index in [0.717, 1.165) is 18.5 Å². The molecule has 0 aliphatic carbocycles. The lowest BCUT2D eigenvalue weighted by Crippen LogP contribution is -2.56. The average molecular weight is 564 g/mol. The van der Waals surface area contributed by atoms with Crippen LogP contribution >= 0.6 is 11.8 Å². The molecule has 1 amide bonds. The zero-order valence-electron chi connectivity index (χ0n) is 22.5. The molecule has 0 bridgehead atoms. The van der Waals surface area contributed by atoms with Crippen LogP contribution in [-0.4, -0.2) is 84.6 Å². The molecule has 1 aliphatic heterocycles. The van der Waals surface area contributed by atoms with E-state index in [4.69, 9.17) is 4.74 Å². The highest BCUT2D eigenvalue weighted by Crippen LogP contribution is 2.42. The van der Waals surface area contributed by atoms with Crippen molar-refractivity contribution in [2.24, 2.45) is 0 Å². The zero-order valence-corrected chi connectivity index (χ0v) is 24.1. The summed E-state index contributed by atoms with van der Waals surface area (Å²) < 4.78 is 33.0. The van der Waals surface area contributed by atoms with Crippen LogP contribution in [0.5, 0.6) is 5.75 Å². The van der Waals surface area contributed by atoms with Gasteiger partial charge in [-0.15, -0.1) is 11.8 Å². The van der Waals surface area contributed by atoms with Crippen molar-refractivity contribution in [1.82, 2.24) is 14.5 Å². The molecule has 208 valence electrons. The van der Waals surface area contributed by atoms with Crippen LogP contribution in [-0.2, 0) is 26.0 Å². The summed E-state index contributed by atoms with van der Waals surface area (Å²) in [6, 6.07) is 11.2. The number of carbonyl (C=O) groups is 2. The first kappa shape index (κ1) is 29.9. The van der Waals surface area contributed by atoms with E-state index in [1.54, 1.807) is 50.2 Å². The number of ether oxygens (including phenoxy) is 1. The van der Waals surface area contributed by atoms with Gasteiger partial charge in [0.05, 0.1) is 17.4 Å². The second kappa shape index (κ2) is 12.5. The predicted octanol–water partition coefficient (Wildman–Crippen LogP) is 2.98. The second-order valence-electron chi connectivity index (χ2n) is 10.2. The molecule has 11 heteroatoms. The van der Waals surface area contributed by atoms with Crippen LogP contribution in [0.4, 0.5) is 0 Å². The largest absolute Gasteiger partial charge is 0.494 e. The molecule has 38 heavy (non-hydrogen) atoms. The number of carboxylic acids is 1. The lowest BCUT2D eigenvalue weighted by Gasteiger charge is -2.31. The topological polar surface area (TPSA) is 116 Å². The van der Waals surface area contributed by atoms with Gasteiger partial charge in [0.25, 0.3) is 0 Å². The lowest BCUT2D eigenvalue weighted by atomic mass is 10.0. The van der Waals surface area contributed by atoms with Crippen molar-refractivity contribution < 1.29 is 27.9 Å². The Hall–Kier alpha value is -2.60. The molecular formula is C27H37N3O6S2. The normalized spacial score (nSPS) is 18.3. The van der Waals surface area contributed by atoms with Gasteiger partial charge in [0.2, 0.25) is 15.9 Å². The summed E-state index contributed by atoms with van der Waals surface area (Å²) in [7, 11) is 0.0316. The third-order valence-electron chi connectivity index (χ3n) is 6.38. The number of rotatable bonds is 12. The van der Waals surface area contributed by atoms with Gasteiger partial charge >= 0.3 is 5.97 Å². The highest BCUT2D eigenvalue weighted by Gasteiger charge is 2.51. The third-order valence-corrected chi connectivity index (χ3v) is 9.75. The molecule has 2 atom stereocenters. The lowest BCUT2D eigenvalue weighted by molar-refractivity contribution is -0.142. The van der Waals surface area contributed by atoms with Gasteiger partial charge in [0, 0.05) is 17.7 Å². The highest BCUT2D eigenvalue weighted by atomic mass is 32.2. The van der Waals surface area contributed by atoms with Gasteiger partial charge < -0.3 is 20.1 Å². The van der Waals surface area contributed by atoms with E-state index in [1.165, 1.54) is 28.2 Å². The number of carbonyl (C=O) groups excluding carboxylic acids is 1. The first-order chi connectivity index (χ1) is 17.8. The van der Waals surface area contributed by atoms with Crippen molar-refractivity contribution in [3.63, 3.8) is 0 Å². The Bertz CT molecular complexity index is 1210. The van der Waals surface area contributed by atoms with Gasteiger partial charge in [-0.25, -0.2) is 13.2 Å². The fourth-order valence-corrected chi connectivity index (χ4v) is 7.38. The molecule has 0 saturated carbocycles. The minimum atomic E-state index is -3.97. The molecule has 3 rings (SSSR count). The maximum Gasteiger partial charge on any atom is 0.326 e. The number of aliphatic carboxylic acids is 1. The number of hydrogen-bond acceptors (Lipinski definition) is 7. The minimum absolute atomic E-state index is 0.0486. The number of aryl methyl sites for hydroxylation is 1. The molecule has 0 radical (unpaired) electrons. The Labute approximate surface area is 229 Å². The number of hydrogen-bond donors (Lipinski definition) is 2. The summed E-state index contributed by atoms with van der Waals surface area (Å²) in [6.45, 7) is 6.93. The first-order valence-corrected chi connectivity index (χ1v) is 14.9. The summed E-state index contributed by atoms with van der Waals surface area (Å²) in [5, 5.41) is 12.4. The number of nitrogens with zero attached hydrogens (tertiary/aromatic N) is 2. The van der Waals surface area contributed by atoms with E-state index in [-0.39, 0.29) is 17.2 Å². The molecular weight excluding hydrogens is 526 g/mol. The number of amides is 1. The van der Waals surface area contributed by atoms with Gasteiger partial charge in [-0.1, -0.05) is 29.8 Å². The Morgan fingerprint density at radius 3 is 2.37 bits per heavy atom. The molecule has 1 saturated heterocycles. The summed E-state index contributed by atoms with van der Waals surface area (Å²) in [4.78, 5) is 27.7. The van der Waals surface area contributed by atoms with Gasteiger partial charge in [-0.3, -0.25) is 4.79 Å². The summed E-state index contributed by atoms with van der Waals surface area (Å²) in [6.07, 6.45) is 0.932. The average Bonchev–Trinajstić information content (AvgIpc) is 3.18. The molecule has 0 unspecified atom stereocenters. The quantitative estimate of drug-likeness (QED) is 0.379. The van der Waals surface area contributed by atoms with Crippen molar-refractivity contribution in [3.8, 4) is 5.75 Å². The molecule has 1 fully saturated rings.